The van der Waals surface area contributed by atoms with Gasteiger partial charge in [0.25, 0.3) is 5.91 Å². The summed E-state index contributed by atoms with van der Waals surface area (Å²) in [6.07, 6.45) is 3.49. The second kappa shape index (κ2) is 6.32. The molecule has 0 aliphatic carbocycles. The first-order valence-corrected chi connectivity index (χ1v) is 8.44. The largest absolute Gasteiger partial charge is 0.339 e. The van der Waals surface area contributed by atoms with Crippen molar-refractivity contribution in [1.82, 2.24) is 9.80 Å². The number of nitrogens with zero attached hydrogens (tertiary/aromatic N) is 2. The molecule has 2 unspecified atom stereocenters. The number of carbonyl (C=O) groups excluding carboxylic acids is 2. The molecule has 0 aromatic heterocycles. The molecule has 0 bridgehead atoms. The molecule has 5 heteroatoms. The van der Waals surface area contributed by atoms with Crippen LogP contribution in [0.5, 0.6) is 0 Å². The Morgan fingerprint density at radius 3 is 2.61 bits per heavy atom. The number of hydrogen-bond acceptors (Lipinski definition) is 3. The van der Waals surface area contributed by atoms with Crippen molar-refractivity contribution < 1.29 is 9.59 Å². The standard InChI is InChI=1S/C18H25N3O2/c1-18(17(23)20-11-5-9-15(19)13-20)10-6-12-21(18)16(22)14-7-3-2-4-8-14/h2-4,7-8,15H,5-6,9-13,19H2,1H3. The maximum absolute atomic E-state index is 13.1. The lowest BCUT2D eigenvalue weighted by atomic mass is 9.94. The van der Waals surface area contributed by atoms with Crippen molar-refractivity contribution in [2.24, 2.45) is 5.73 Å². The second-order valence-corrected chi connectivity index (χ2v) is 6.85. The topological polar surface area (TPSA) is 66.6 Å². The van der Waals surface area contributed by atoms with E-state index in [0.29, 0.717) is 18.7 Å². The monoisotopic (exact) mass is 315 g/mol. The van der Waals surface area contributed by atoms with Crippen LogP contribution in [0.15, 0.2) is 30.3 Å². The number of benzene rings is 1. The lowest BCUT2D eigenvalue weighted by molar-refractivity contribution is -0.142. The Morgan fingerprint density at radius 2 is 1.91 bits per heavy atom. The molecular weight excluding hydrogens is 290 g/mol. The van der Waals surface area contributed by atoms with Crippen LogP contribution in [-0.2, 0) is 4.79 Å². The van der Waals surface area contributed by atoms with Crippen LogP contribution in [0.3, 0.4) is 0 Å². The number of amides is 2. The lowest BCUT2D eigenvalue weighted by Crippen LogP contribution is -2.59. The van der Waals surface area contributed by atoms with Crippen LogP contribution in [0.25, 0.3) is 0 Å². The molecule has 23 heavy (non-hydrogen) atoms. The summed E-state index contributed by atoms with van der Waals surface area (Å²) in [6, 6.07) is 9.26. The van der Waals surface area contributed by atoms with Crippen molar-refractivity contribution in [3.05, 3.63) is 35.9 Å². The minimum atomic E-state index is -0.746. The molecule has 2 atom stereocenters. The molecule has 0 radical (unpaired) electrons. The summed E-state index contributed by atoms with van der Waals surface area (Å²) in [6.45, 7) is 3.89. The molecule has 2 amide bonds. The van der Waals surface area contributed by atoms with E-state index in [1.165, 1.54) is 0 Å². The highest BCUT2D eigenvalue weighted by molar-refractivity contribution is 5.99. The van der Waals surface area contributed by atoms with Crippen LogP contribution in [0.1, 0.15) is 43.0 Å². The van der Waals surface area contributed by atoms with Gasteiger partial charge in [-0.2, -0.15) is 0 Å². The molecule has 2 aliphatic rings. The normalized spacial score (nSPS) is 28.0. The summed E-state index contributed by atoms with van der Waals surface area (Å²) in [5.41, 5.74) is 5.91. The Hall–Kier alpha value is -1.88. The van der Waals surface area contributed by atoms with Gasteiger partial charge >= 0.3 is 0 Å². The Morgan fingerprint density at radius 1 is 1.17 bits per heavy atom. The smallest absolute Gasteiger partial charge is 0.254 e. The first-order valence-electron chi connectivity index (χ1n) is 8.44. The van der Waals surface area contributed by atoms with Crippen LogP contribution in [0, 0.1) is 0 Å². The zero-order chi connectivity index (χ0) is 16.4. The third kappa shape index (κ3) is 2.98. The first kappa shape index (κ1) is 16.0. The fourth-order valence-electron chi connectivity index (χ4n) is 3.78. The average molecular weight is 315 g/mol. The molecule has 2 aliphatic heterocycles. The number of piperidine rings is 1. The van der Waals surface area contributed by atoms with E-state index >= 15 is 0 Å². The lowest BCUT2D eigenvalue weighted by Gasteiger charge is -2.40. The van der Waals surface area contributed by atoms with Crippen molar-refractivity contribution >= 4 is 11.8 Å². The van der Waals surface area contributed by atoms with E-state index in [1.54, 1.807) is 4.90 Å². The van der Waals surface area contributed by atoms with Crippen LogP contribution in [0.4, 0.5) is 0 Å². The summed E-state index contributed by atoms with van der Waals surface area (Å²) in [4.78, 5) is 29.5. The highest BCUT2D eigenvalue weighted by atomic mass is 16.2. The third-order valence-electron chi connectivity index (χ3n) is 5.11. The highest BCUT2D eigenvalue weighted by Gasteiger charge is 2.48. The predicted molar refractivity (Wildman–Crippen MR) is 88.9 cm³/mol. The maximum Gasteiger partial charge on any atom is 0.254 e. The average Bonchev–Trinajstić information content (AvgIpc) is 2.97. The highest BCUT2D eigenvalue weighted by Crippen LogP contribution is 2.33. The van der Waals surface area contributed by atoms with Gasteiger partial charge in [-0.05, 0) is 44.7 Å². The Labute approximate surface area is 137 Å². The summed E-state index contributed by atoms with van der Waals surface area (Å²) < 4.78 is 0. The SMILES string of the molecule is CC1(C(=O)N2CCCC(N)C2)CCCN1C(=O)c1ccccc1. The van der Waals surface area contributed by atoms with Crippen molar-refractivity contribution in [3.63, 3.8) is 0 Å². The molecule has 5 nitrogen and oxygen atoms in total. The number of nitrogens with two attached hydrogens (primary N) is 1. The van der Waals surface area contributed by atoms with E-state index in [0.717, 1.165) is 32.2 Å². The van der Waals surface area contributed by atoms with Gasteiger partial charge in [-0.15, -0.1) is 0 Å². The van der Waals surface area contributed by atoms with E-state index in [9.17, 15) is 9.59 Å². The molecule has 2 saturated heterocycles. The zero-order valence-electron chi connectivity index (χ0n) is 13.7. The fraction of sp³-hybridized carbons (Fsp3) is 0.556. The van der Waals surface area contributed by atoms with Gasteiger partial charge < -0.3 is 15.5 Å². The molecule has 1 aromatic carbocycles. The van der Waals surface area contributed by atoms with Crippen molar-refractivity contribution in [2.75, 3.05) is 19.6 Å². The molecule has 0 spiro atoms. The van der Waals surface area contributed by atoms with Gasteiger partial charge in [0.05, 0.1) is 0 Å². The van der Waals surface area contributed by atoms with Crippen LogP contribution in [-0.4, -0.2) is 52.8 Å². The first-order chi connectivity index (χ1) is 11.0. The zero-order valence-corrected chi connectivity index (χ0v) is 13.7. The van der Waals surface area contributed by atoms with Crippen molar-refractivity contribution in [1.29, 1.82) is 0 Å². The number of rotatable bonds is 2. The van der Waals surface area contributed by atoms with E-state index in [2.05, 4.69) is 0 Å². The molecule has 1 aromatic rings. The van der Waals surface area contributed by atoms with Gasteiger partial charge in [0.15, 0.2) is 0 Å². The van der Waals surface area contributed by atoms with E-state index in [1.807, 2.05) is 42.2 Å². The summed E-state index contributed by atoms with van der Waals surface area (Å²) in [5.74, 6) is -0.00492. The number of hydrogen-bond donors (Lipinski definition) is 1. The van der Waals surface area contributed by atoms with E-state index in [4.69, 9.17) is 5.73 Å². The Bertz CT molecular complexity index is 589. The Balaban J connectivity index is 1.81. The minimum Gasteiger partial charge on any atom is -0.339 e. The molecule has 124 valence electrons. The second-order valence-electron chi connectivity index (χ2n) is 6.85. The van der Waals surface area contributed by atoms with Gasteiger partial charge in [0.1, 0.15) is 5.54 Å². The summed E-state index contributed by atoms with van der Waals surface area (Å²) >= 11 is 0. The summed E-state index contributed by atoms with van der Waals surface area (Å²) in [5, 5.41) is 0. The molecule has 2 N–H and O–H groups in total. The van der Waals surface area contributed by atoms with Crippen LogP contribution >= 0.6 is 0 Å². The van der Waals surface area contributed by atoms with E-state index in [-0.39, 0.29) is 17.9 Å². The number of likely N-dealkylation sites (tertiary alicyclic amines) is 2. The molecule has 0 saturated carbocycles. The Kier molecular flexibility index (Phi) is 4.39. The van der Waals surface area contributed by atoms with Gasteiger partial charge in [-0.3, -0.25) is 9.59 Å². The number of carbonyl (C=O) groups is 2. The maximum atomic E-state index is 13.1. The van der Waals surface area contributed by atoms with Crippen LogP contribution in [0.2, 0.25) is 0 Å². The fourth-order valence-corrected chi connectivity index (χ4v) is 3.78. The van der Waals surface area contributed by atoms with Gasteiger partial charge in [-0.25, -0.2) is 0 Å². The quantitative estimate of drug-likeness (QED) is 0.902. The summed E-state index contributed by atoms with van der Waals surface area (Å²) in [7, 11) is 0. The van der Waals surface area contributed by atoms with Crippen LogP contribution < -0.4 is 5.73 Å². The van der Waals surface area contributed by atoms with Gasteiger partial charge in [0.2, 0.25) is 5.91 Å². The molecule has 2 heterocycles. The third-order valence-corrected chi connectivity index (χ3v) is 5.11. The van der Waals surface area contributed by atoms with E-state index < -0.39 is 5.54 Å². The van der Waals surface area contributed by atoms with Gasteiger partial charge in [-0.1, -0.05) is 18.2 Å². The van der Waals surface area contributed by atoms with Crippen molar-refractivity contribution in [2.45, 2.75) is 44.2 Å². The van der Waals surface area contributed by atoms with Gasteiger partial charge in [0, 0.05) is 31.2 Å². The molecular formula is C18H25N3O2. The molecule has 3 rings (SSSR count). The minimum absolute atomic E-state index is 0.0504. The molecule has 2 fully saturated rings. The van der Waals surface area contributed by atoms with Crippen molar-refractivity contribution in [3.8, 4) is 0 Å². The predicted octanol–water partition coefficient (Wildman–Crippen LogP) is 1.63.